The molecular formula is C23H30N2O7S. The zero-order valence-corrected chi connectivity index (χ0v) is 19.8. The van der Waals surface area contributed by atoms with Crippen LogP contribution in [0.5, 0.6) is 5.75 Å². The molecule has 2 fully saturated rings. The molecule has 1 aromatic carbocycles. The van der Waals surface area contributed by atoms with Gasteiger partial charge in [-0.25, -0.2) is 4.79 Å². The molecule has 3 N–H and O–H groups in total. The molecule has 0 aliphatic carbocycles. The van der Waals surface area contributed by atoms with Gasteiger partial charge in [0.2, 0.25) is 11.8 Å². The Kier molecular flexibility index (Phi) is 7.56. The maximum Gasteiger partial charge on any atom is 0.327 e. The quantitative estimate of drug-likeness (QED) is 0.326. The highest BCUT2D eigenvalue weighted by Gasteiger charge is 2.64. The second kappa shape index (κ2) is 10.0. The van der Waals surface area contributed by atoms with Gasteiger partial charge in [0.15, 0.2) is 0 Å². The number of nitrogens with one attached hydrogen (secondary N) is 1. The third-order valence-corrected chi connectivity index (χ3v) is 7.57. The number of carbonyl (C=O) groups excluding carboxylic acids is 2. The zero-order valence-electron chi connectivity index (χ0n) is 18.9. The highest BCUT2D eigenvalue weighted by atomic mass is 32.2. The van der Waals surface area contributed by atoms with Crippen LogP contribution in [-0.4, -0.2) is 67.7 Å². The van der Waals surface area contributed by atoms with Crippen molar-refractivity contribution in [2.75, 3.05) is 6.61 Å². The predicted octanol–water partition coefficient (Wildman–Crippen LogP) is 2.45. The topological polar surface area (TPSA) is 133 Å². The minimum Gasteiger partial charge on any atom is -0.494 e. The number of hydrogen-bond donors (Lipinski definition) is 3. The molecule has 0 spiro atoms. The van der Waals surface area contributed by atoms with Gasteiger partial charge in [-0.1, -0.05) is 25.5 Å². The number of thioether (sulfide) groups is 1. The summed E-state index contributed by atoms with van der Waals surface area (Å²) in [6.45, 7) is 6.19. The van der Waals surface area contributed by atoms with Gasteiger partial charge in [-0.3, -0.25) is 14.4 Å². The fourth-order valence-electron chi connectivity index (χ4n) is 4.23. The third-order valence-electron chi connectivity index (χ3n) is 6.00. The molecule has 0 radical (unpaired) electrons. The van der Waals surface area contributed by atoms with Crippen molar-refractivity contribution < 1.29 is 34.1 Å². The van der Waals surface area contributed by atoms with Crippen molar-refractivity contribution >= 4 is 35.5 Å². The zero-order chi connectivity index (χ0) is 24.3. The fourth-order valence-corrected chi connectivity index (χ4v) is 5.86. The van der Waals surface area contributed by atoms with E-state index in [1.54, 1.807) is 38.1 Å². The first-order valence-corrected chi connectivity index (χ1v) is 11.9. The normalized spacial score (nSPS) is 23.9. The van der Waals surface area contributed by atoms with Crippen LogP contribution < -0.4 is 10.1 Å². The number of β-lactam (4-membered cyclic amide) rings is 1. The Morgan fingerprint density at radius 1 is 1.21 bits per heavy atom. The molecule has 0 saturated carbocycles. The first-order chi connectivity index (χ1) is 15.6. The second-order valence-corrected chi connectivity index (χ2v) is 10.6. The lowest BCUT2D eigenvalue weighted by Gasteiger charge is -2.43. The summed E-state index contributed by atoms with van der Waals surface area (Å²) in [5.74, 6) is -3.17. The van der Waals surface area contributed by atoms with Crippen molar-refractivity contribution in [3.8, 4) is 5.75 Å². The number of ether oxygens (including phenoxy) is 1. The third kappa shape index (κ3) is 5.26. The van der Waals surface area contributed by atoms with Crippen LogP contribution in [0, 0.1) is 0 Å². The molecule has 2 amide bonds. The number of unbranched alkanes of at least 4 members (excludes halogenated alkanes) is 1. The van der Waals surface area contributed by atoms with Crippen LogP contribution in [0.4, 0.5) is 0 Å². The fraction of sp³-hybridized carbons (Fsp3) is 0.565. The maximum atomic E-state index is 12.5. The molecule has 1 aromatic rings. The lowest BCUT2D eigenvalue weighted by atomic mass is 9.93. The van der Waals surface area contributed by atoms with Crippen LogP contribution in [-0.2, 0) is 19.2 Å². The van der Waals surface area contributed by atoms with Crippen molar-refractivity contribution in [2.24, 2.45) is 0 Å². The molecule has 2 saturated heterocycles. The van der Waals surface area contributed by atoms with E-state index in [4.69, 9.17) is 4.74 Å². The number of carboxylic acid groups (broad SMARTS) is 2. The number of rotatable bonds is 11. The summed E-state index contributed by atoms with van der Waals surface area (Å²) in [5.41, 5.74) is 0.571. The largest absolute Gasteiger partial charge is 0.494 e. The van der Waals surface area contributed by atoms with E-state index in [9.17, 15) is 29.4 Å². The monoisotopic (exact) mass is 478 g/mol. The summed E-state index contributed by atoms with van der Waals surface area (Å²) < 4.78 is 4.92. The summed E-state index contributed by atoms with van der Waals surface area (Å²) >= 11 is 1.35. The van der Waals surface area contributed by atoms with Gasteiger partial charge in [-0.15, -0.1) is 11.8 Å². The summed E-state index contributed by atoms with van der Waals surface area (Å²) in [4.78, 5) is 49.7. The molecule has 0 unspecified atom stereocenters. The highest BCUT2D eigenvalue weighted by Crippen LogP contribution is 2.50. The van der Waals surface area contributed by atoms with Gasteiger partial charge >= 0.3 is 11.9 Å². The number of fused-ring (bicyclic) bond motifs is 1. The van der Waals surface area contributed by atoms with E-state index >= 15 is 0 Å². The SMILES string of the molecule is CCCCOc1ccc([C@H](CCC(=O)N[C@H]2C(=O)N3[C@H]2SC(C)(C)[C@H]3C(=O)O)C(=O)O)cc1. The summed E-state index contributed by atoms with van der Waals surface area (Å²) in [5, 5.41) is 21.3. The Morgan fingerprint density at radius 2 is 1.88 bits per heavy atom. The van der Waals surface area contributed by atoms with Crippen LogP contribution in [0.2, 0.25) is 0 Å². The van der Waals surface area contributed by atoms with Crippen molar-refractivity contribution in [3.05, 3.63) is 29.8 Å². The molecule has 2 heterocycles. The maximum absolute atomic E-state index is 12.5. The van der Waals surface area contributed by atoms with Gasteiger partial charge in [-0.05, 0) is 44.4 Å². The summed E-state index contributed by atoms with van der Waals surface area (Å²) in [6, 6.07) is 5.08. The molecule has 0 aromatic heterocycles. The Morgan fingerprint density at radius 3 is 2.45 bits per heavy atom. The van der Waals surface area contributed by atoms with Gasteiger partial charge < -0.3 is 25.2 Å². The van der Waals surface area contributed by atoms with Gasteiger partial charge in [0.05, 0.1) is 12.5 Å². The molecule has 3 rings (SSSR count). The minimum absolute atomic E-state index is 0.0708. The van der Waals surface area contributed by atoms with E-state index in [2.05, 4.69) is 12.2 Å². The second-order valence-electron chi connectivity index (χ2n) is 8.84. The highest BCUT2D eigenvalue weighted by molar-refractivity contribution is 8.01. The van der Waals surface area contributed by atoms with Gasteiger partial charge in [0, 0.05) is 11.2 Å². The molecule has 2 aliphatic heterocycles. The van der Waals surface area contributed by atoms with Crippen LogP contribution in [0.25, 0.3) is 0 Å². The minimum atomic E-state index is -1.07. The van der Waals surface area contributed by atoms with Crippen molar-refractivity contribution in [3.63, 3.8) is 0 Å². The lowest BCUT2D eigenvalue weighted by Crippen LogP contribution is -2.70. The van der Waals surface area contributed by atoms with Crippen molar-refractivity contribution in [2.45, 2.75) is 74.6 Å². The van der Waals surface area contributed by atoms with E-state index in [0.29, 0.717) is 17.9 Å². The Bertz CT molecular complexity index is 918. The molecule has 4 atom stereocenters. The van der Waals surface area contributed by atoms with E-state index in [-0.39, 0.29) is 12.8 Å². The molecule has 0 bridgehead atoms. The van der Waals surface area contributed by atoms with Crippen LogP contribution in [0.1, 0.15) is 57.9 Å². The van der Waals surface area contributed by atoms with Gasteiger partial charge in [0.1, 0.15) is 23.2 Å². The lowest BCUT2D eigenvalue weighted by molar-refractivity contribution is -0.161. The summed E-state index contributed by atoms with van der Waals surface area (Å²) in [6.07, 6.45) is 1.95. The Labute approximate surface area is 196 Å². The van der Waals surface area contributed by atoms with E-state index in [1.807, 2.05) is 0 Å². The number of carbonyl (C=O) groups is 4. The molecule has 33 heavy (non-hydrogen) atoms. The Balaban J connectivity index is 1.55. The number of aliphatic carboxylic acids is 2. The standard InChI is InChI=1S/C23H30N2O7S/c1-4-5-12-32-14-8-6-13(7-9-14)15(21(28)29)10-11-16(26)24-17-19(27)25-18(22(30)31)23(2,3)33-20(17)25/h6-9,15,17-18,20H,4-5,10-12H2,1-3H3,(H,24,26)(H,28,29)(H,30,31)/t15-,17-,18+,20-/m0/s1. The average Bonchev–Trinajstić information content (AvgIpc) is 3.01. The first kappa shape index (κ1) is 24.9. The van der Waals surface area contributed by atoms with Crippen LogP contribution in [0.3, 0.4) is 0 Å². The average molecular weight is 479 g/mol. The van der Waals surface area contributed by atoms with Gasteiger partial charge in [-0.2, -0.15) is 0 Å². The van der Waals surface area contributed by atoms with Gasteiger partial charge in [0.25, 0.3) is 0 Å². The van der Waals surface area contributed by atoms with Crippen LogP contribution in [0.15, 0.2) is 24.3 Å². The van der Waals surface area contributed by atoms with Crippen LogP contribution >= 0.6 is 11.8 Å². The first-order valence-electron chi connectivity index (χ1n) is 11.0. The number of amides is 2. The molecule has 10 heteroatoms. The number of carboxylic acids is 2. The predicted molar refractivity (Wildman–Crippen MR) is 122 cm³/mol. The summed E-state index contributed by atoms with van der Waals surface area (Å²) in [7, 11) is 0. The molecule has 180 valence electrons. The number of nitrogens with zero attached hydrogens (tertiary/aromatic N) is 1. The molecule has 9 nitrogen and oxygen atoms in total. The Hall–Kier alpha value is -2.75. The van der Waals surface area contributed by atoms with E-state index in [1.165, 1.54) is 16.7 Å². The number of benzene rings is 1. The van der Waals surface area contributed by atoms with E-state index in [0.717, 1.165) is 12.8 Å². The van der Waals surface area contributed by atoms with E-state index < -0.39 is 51.9 Å². The molecule has 2 aliphatic rings. The number of hydrogen-bond acceptors (Lipinski definition) is 6. The molecular weight excluding hydrogens is 448 g/mol. The smallest absolute Gasteiger partial charge is 0.327 e. The van der Waals surface area contributed by atoms with Crippen molar-refractivity contribution in [1.82, 2.24) is 10.2 Å². The van der Waals surface area contributed by atoms with Crippen molar-refractivity contribution in [1.29, 1.82) is 0 Å².